The van der Waals surface area contributed by atoms with Crippen molar-refractivity contribution in [3.63, 3.8) is 0 Å². The van der Waals surface area contributed by atoms with Gasteiger partial charge in [-0.2, -0.15) is 0 Å². The Morgan fingerprint density at radius 1 is 1.00 bits per heavy atom. The molecule has 1 N–H and O–H groups in total. The smallest absolute Gasteiger partial charge is 0.0101 e. The highest BCUT2D eigenvalue weighted by Crippen LogP contribution is 2.58. The van der Waals surface area contributed by atoms with Gasteiger partial charge in [-0.25, -0.2) is 0 Å². The molecule has 0 saturated heterocycles. The van der Waals surface area contributed by atoms with Gasteiger partial charge in [0.15, 0.2) is 0 Å². The van der Waals surface area contributed by atoms with Crippen molar-refractivity contribution < 1.29 is 0 Å². The summed E-state index contributed by atoms with van der Waals surface area (Å²) in [6.07, 6.45) is 12.1. The third-order valence-corrected chi connectivity index (χ3v) is 6.78. The lowest BCUT2D eigenvalue weighted by molar-refractivity contribution is 0.130. The normalized spacial score (nSPS) is 50.3. The van der Waals surface area contributed by atoms with Crippen LogP contribution in [0.4, 0.5) is 0 Å². The van der Waals surface area contributed by atoms with Crippen LogP contribution in [0.2, 0.25) is 0 Å². The molecule has 0 radical (unpaired) electrons. The van der Waals surface area contributed by atoms with Crippen molar-refractivity contribution in [2.24, 2.45) is 29.1 Å². The Bertz CT molecular complexity index is 307. The first-order chi connectivity index (χ1) is 8.25. The van der Waals surface area contributed by atoms with Crippen molar-refractivity contribution in [2.45, 2.75) is 64.3 Å². The van der Waals surface area contributed by atoms with Gasteiger partial charge in [0, 0.05) is 12.6 Å². The number of rotatable bonds is 3. The molecule has 5 atom stereocenters. The SMILES string of the molecule is CC1(CNC2CC3CC2C2CCCC32)CCC1. The highest BCUT2D eigenvalue weighted by Gasteiger charge is 2.53. The summed E-state index contributed by atoms with van der Waals surface area (Å²) in [4.78, 5) is 0. The molecule has 1 nitrogen and oxygen atoms in total. The molecule has 4 aliphatic carbocycles. The lowest BCUT2D eigenvalue weighted by Crippen LogP contribution is -2.45. The number of hydrogen-bond donors (Lipinski definition) is 1. The second-order valence-corrected chi connectivity index (χ2v) is 7.81. The fraction of sp³-hybridized carbons (Fsp3) is 1.00. The summed E-state index contributed by atoms with van der Waals surface area (Å²) in [6, 6.07) is 0.900. The zero-order valence-corrected chi connectivity index (χ0v) is 11.3. The molecule has 1 heteroatoms. The minimum atomic E-state index is 0.664. The van der Waals surface area contributed by atoms with E-state index in [4.69, 9.17) is 0 Å². The van der Waals surface area contributed by atoms with Gasteiger partial charge < -0.3 is 5.32 Å². The van der Waals surface area contributed by atoms with Crippen LogP contribution in [-0.4, -0.2) is 12.6 Å². The zero-order chi connectivity index (χ0) is 11.5. The Hall–Kier alpha value is -0.0400. The van der Waals surface area contributed by atoms with Crippen LogP contribution in [0.25, 0.3) is 0 Å². The van der Waals surface area contributed by atoms with Crippen LogP contribution in [0.15, 0.2) is 0 Å². The summed E-state index contributed by atoms with van der Waals surface area (Å²) in [6.45, 7) is 3.79. The van der Waals surface area contributed by atoms with Crippen molar-refractivity contribution in [1.82, 2.24) is 5.32 Å². The van der Waals surface area contributed by atoms with Gasteiger partial charge in [-0.3, -0.25) is 0 Å². The average Bonchev–Trinajstić information content (AvgIpc) is 2.94. The Morgan fingerprint density at radius 3 is 2.59 bits per heavy atom. The van der Waals surface area contributed by atoms with Crippen molar-refractivity contribution in [3.05, 3.63) is 0 Å². The van der Waals surface area contributed by atoms with Gasteiger partial charge >= 0.3 is 0 Å². The average molecular weight is 233 g/mol. The van der Waals surface area contributed by atoms with Gasteiger partial charge in [-0.15, -0.1) is 0 Å². The van der Waals surface area contributed by atoms with E-state index >= 15 is 0 Å². The van der Waals surface area contributed by atoms with Crippen LogP contribution >= 0.6 is 0 Å². The fourth-order valence-electron chi connectivity index (χ4n) is 5.64. The summed E-state index contributed by atoms with van der Waals surface area (Å²) < 4.78 is 0. The van der Waals surface area contributed by atoms with Crippen molar-refractivity contribution in [1.29, 1.82) is 0 Å². The monoisotopic (exact) mass is 233 g/mol. The van der Waals surface area contributed by atoms with Crippen LogP contribution in [-0.2, 0) is 0 Å². The van der Waals surface area contributed by atoms with E-state index in [1.165, 1.54) is 38.6 Å². The molecule has 17 heavy (non-hydrogen) atoms. The van der Waals surface area contributed by atoms with E-state index in [-0.39, 0.29) is 0 Å². The van der Waals surface area contributed by atoms with Gasteiger partial charge in [0.25, 0.3) is 0 Å². The van der Waals surface area contributed by atoms with E-state index in [1.807, 2.05) is 0 Å². The van der Waals surface area contributed by atoms with Gasteiger partial charge in [0.1, 0.15) is 0 Å². The molecule has 4 fully saturated rings. The Labute approximate surface area is 106 Å². The Kier molecular flexibility index (Phi) is 2.38. The molecule has 96 valence electrons. The maximum Gasteiger partial charge on any atom is 0.0101 e. The lowest BCUT2D eigenvalue weighted by Gasteiger charge is -2.41. The van der Waals surface area contributed by atoms with Crippen molar-refractivity contribution >= 4 is 0 Å². The molecule has 0 aromatic heterocycles. The molecule has 4 aliphatic rings. The van der Waals surface area contributed by atoms with E-state index in [1.54, 1.807) is 19.3 Å². The van der Waals surface area contributed by atoms with Crippen LogP contribution in [0.5, 0.6) is 0 Å². The molecule has 0 heterocycles. The highest BCUT2D eigenvalue weighted by atomic mass is 15.0. The first-order valence-corrected chi connectivity index (χ1v) is 7.99. The molecule has 0 amide bonds. The summed E-state index contributed by atoms with van der Waals surface area (Å²) in [7, 11) is 0. The van der Waals surface area contributed by atoms with Crippen molar-refractivity contribution in [3.8, 4) is 0 Å². The molecular weight excluding hydrogens is 206 g/mol. The standard InChI is InChI=1S/C16H27N/c1-16(6-3-7-16)10-17-15-9-11-8-14(15)13-5-2-4-12(11)13/h11-15,17H,2-10H2,1H3. The number of fused-ring (bicyclic) bond motifs is 5. The van der Waals surface area contributed by atoms with E-state index in [9.17, 15) is 0 Å². The quantitative estimate of drug-likeness (QED) is 0.785. The van der Waals surface area contributed by atoms with E-state index in [0.717, 1.165) is 29.7 Å². The maximum absolute atomic E-state index is 3.97. The molecule has 2 bridgehead atoms. The van der Waals surface area contributed by atoms with Gasteiger partial charge in [0.2, 0.25) is 0 Å². The van der Waals surface area contributed by atoms with E-state index in [2.05, 4.69) is 12.2 Å². The first-order valence-electron chi connectivity index (χ1n) is 7.99. The summed E-state index contributed by atoms with van der Waals surface area (Å²) in [5.41, 5.74) is 0.664. The predicted molar refractivity (Wildman–Crippen MR) is 70.8 cm³/mol. The van der Waals surface area contributed by atoms with Crippen molar-refractivity contribution in [2.75, 3.05) is 6.54 Å². The molecule has 4 saturated carbocycles. The van der Waals surface area contributed by atoms with Crippen LogP contribution in [0.1, 0.15) is 58.3 Å². The summed E-state index contributed by atoms with van der Waals surface area (Å²) in [5.74, 6) is 4.45. The van der Waals surface area contributed by atoms with Gasteiger partial charge in [-0.1, -0.05) is 19.8 Å². The zero-order valence-electron chi connectivity index (χ0n) is 11.3. The van der Waals surface area contributed by atoms with E-state index in [0.29, 0.717) is 5.41 Å². The highest BCUT2D eigenvalue weighted by molar-refractivity contribution is 5.06. The first kappa shape index (κ1) is 10.8. The molecule has 0 aliphatic heterocycles. The van der Waals surface area contributed by atoms with Crippen LogP contribution in [0, 0.1) is 29.1 Å². The van der Waals surface area contributed by atoms with E-state index < -0.39 is 0 Å². The lowest BCUT2D eigenvalue weighted by atomic mass is 9.70. The summed E-state index contributed by atoms with van der Waals surface area (Å²) >= 11 is 0. The van der Waals surface area contributed by atoms with Crippen LogP contribution in [0.3, 0.4) is 0 Å². The molecule has 0 aromatic carbocycles. The summed E-state index contributed by atoms with van der Waals surface area (Å²) in [5, 5.41) is 3.97. The molecular formula is C16H27N. The second kappa shape index (κ2) is 3.73. The van der Waals surface area contributed by atoms with Gasteiger partial charge in [-0.05, 0) is 67.6 Å². The maximum atomic E-state index is 3.97. The molecule has 4 rings (SSSR count). The fourth-order valence-corrected chi connectivity index (χ4v) is 5.64. The Balaban J connectivity index is 1.37. The van der Waals surface area contributed by atoms with Gasteiger partial charge in [0.05, 0.1) is 0 Å². The minimum absolute atomic E-state index is 0.664. The molecule has 0 spiro atoms. The minimum Gasteiger partial charge on any atom is -0.313 e. The third kappa shape index (κ3) is 1.61. The largest absolute Gasteiger partial charge is 0.313 e. The third-order valence-electron chi connectivity index (χ3n) is 6.78. The second-order valence-electron chi connectivity index (χ2n) is 7.81. The number of hydrogen-bond acceptors (Lipinski definition) is 1. The Morgan fingerprint density at radius 2 is 1.82 bits per heavy atom. The number of nitrogens with one attached hydrogen (secondary N) is 1. The van der Waals surface area contributed by atoms with Crippen LogP contribution < -0.4 is 5.32 Å². The topological polar surface area (TPSA) is 12.0 Å². The predicted octanol–water partition coefficient (Wildman–Crippen LogP) is 3.59. The molecule has 5 unspecified atom stereocenters. The molecule has 0 aromatic rings.